The summed E-state index contributed by atoms with van der Waals surface area (Å²) in [5.74, 6) is 0.884. The van der Waals surface area contributed by atoms with Gasteiger partial charge in [-0.1, -0.05) is 6.07 Å². The van der Waals surface area contributed by atoms with Crippen molar-refractivity contribution < 1.29 is 12.8 Å². The summed E-state index contributed by atoms with van der Waals surface area (Å²) in [6.45, 7) is 0.791. The zero-order valence-corrected chi connectivity index (χ0v) is 15.2. The third kappa shape index (κ3) is 3.74. The maximum Gasteiger partial charge on any atom is 0.243 e. The van der Waals surface area contributed by atoms with Gasteiger partial charge in [0.05, 0.1) is 4.90 Å². The summed E-state index contributed by atoms with van der Waals surface area (Å²) in [6.07, 6.45) is 4.68. The molecule has 1 unspecified atom stereocenters. The van der Waals surface area contributed by atoms with Crippen molar-refractivity contribution in [2.45, 2.75) is 17.7 Å². The SMILES string of the molecule is O=S(=O)(c1cccc(F)c1)N1CCC(Cc2nc(-c3ccncc3)n[nH]2)C1. The van der Waals surface area contributed by atoms with Gasteiger partial charge >= 0.3 is 0 Å². The van der Waals surface area contributed by atoms with Crippen LogP contribution in [0.1, 0.15) is 12.2 Å². The van der Waals surface area contributed by atoms with E-state index in [1.54, 1.807) is 12.4 Å². The number of nitrogens with zero attached hydrogens (tertiary/aromatic N) is 4. The van der Waals surface area contributed by atoms with Crippen molar-refractivity contribution in [1.82, 2.24) is 24.5 Å². The van der Waals surface area contributed by atoms with Crippen LogP contribution in [0.4, 0.5) is 4.39 Å². The molecule has 9 heteroatoms. The van der Waals surface area contributed by atoms with E-state index in [9.17, 15) is 12.8 Å². The highest BCUT2D eigenvalue weighted by atomic mass is 32.2. The number of aromatic amines is 1. The molecule has 0 radical (unpaired) electrons. The molecule has 7 nitrogen and oxygen atoms in total. The van der Waals surface area contributed by atoms with Gasteiger partial charge in [-0.3, -0.25) is 10.1 Å². The van der Waals surface area contributed by atoms with Gasteiger partial charge in [-0.05, 0) is 42.7 Å². The summed E-state index contributed by atoms with van der Waals surface area (Å²) in [5.41, 5.74) is 0.870. The first-order chi connectivity index (χ1) is 13.0. The second-order valence-corrected chi connectivity index (χ2v) is 8.46. The lowest BCUT2D eigenvalue weighted by molar-refractivity contribution is 0.453. The smallest absolute Gasteiger partial charge is 0.243 e. The molecular weight excluding hydrogens is 369 g/mol. The van der Waals surface area contributed by atoms with Crippen molar-refractivity contribution in [2.75, 3.05) is 13.1 Å². The molecule has 3 aromatic rings. The van der Waals surface area contributed by atoms with Crippen LogP contribution in [0.25, 0.3) is 11.4 Å². The van der Waals surface area contributed by atoms with E-state index in [1.807, 2.05) is 12.1 Å². The maximum absolute atomic E-state index is 13.4. The summed E-state index contributed by atoms with van der Waals surface area (Å²) in [5, 5.41) is 7.14. The Kier molecular flexibility index (Phi) is 4.71. The van der Waals surface area contributed by atoms with Gasteiger partial charge in [0, 0.05) is 37.5 Å². The summed E-state index contributed by atoms with van der Waals surface area (Å²) in [7, 11) is -3.68. The summed E-state index contributed by atoms with van der Waals surface area (Å²) < 4.78 is 40.2. The van der Waals surface area contributed by atoms with E-state index >= 15 is 0 Å². The molecule has 1 N–H and O–H groups in total. The zero-order chi connectivity index (χ0) is 18.9. The molecule has 3 heterocycles. The molecule has 1 aromatic carbocycles. The molecule has 140 valence electrons. The van der Waals surface area contributed by atoms with Gasteiger partial charge in [-0.25, -0.2) is 17.8 Å². The molecule has 1 atom stereocenters. The largest absolute Gasteiger partial charge is 0.265 e. The number of hydrogen-bond acceptors (Lipinski definition) is 5. The molecule has 1 saturated heterocycles. The predicted molar refractivity (Wildman–Crippen MR) is 96.6 cm³/mol. The van der Waals surface area contributed by atoms with Crippen molar-refractivity contribution >= 4 is 10.0 Å². The molecule has 0 amide bonds. The molecule has 4 rings (SSSR count). The van der Waals surface area contributed by atoms with Gasteiger partial charge < -0.3 is 0 Å². The number of hydrogen-bond donors (Lipinski definition) is 1. The average Bonchev–Trinajstić information content (AvgIpc) is 3.33. The Morgan fingerprint density at radius 1 is 1.22 bits per heavy atom. The Hall–Kier alpha value is -2.65. The van der Waals surface area contributed by atoms with Crippen LogP contribution in [-0.4, -0.2) is 46.0 Å². The van der Waals surface area contributed by atoms with Crippen LogP contribution in [-0.2, 0) is 16.4 Å². The van der Waals surface area contributed by atoms with E-state index in [-0.39, 0.29) is 10.8 Å². The number of halogens is 1. The summed E-state index contributed by atoms with van der Waals surface area (Å²) >= 11 is 0. The van der Waals surface area contributed by atoms with Gasteiger partial charge in [0.1, 0.15) is 11.6 Å². The van der Waals surface area contributed by atoms with E-state index in [1.165, 1.54) is 22.5 Å². The molecule has 1 aliphatic heterocycles. The molecule has 27 heavy (non-hydrogen) atoms. The molecule has 0 bridgehead atoms. The van der Waals surface area contributed by atoms with Crippen molar-refractivity contribution in [1.29, 1.82) is 0 Å². The number of aromatic nitrogens is 4. The highest BCUT2D eigenvalue weighted by Crippen LogP contribution is 2.26. The highest BCUT2D eigenvalue weighted by Gasteiger charge is 2.33. The van der Waals surface area contributed by atoms with E-state index in [2.05, 4.69) is 20.2 Å². The van der Waals surface area contributed by atoms with Crippen LogP contribution in [0.3, 0.4) is 0 Å². The summed E-state index contributed by atoms with van der Waals surface area (Å²) in [6, 6.07) is 8.77. The molecule has 1 fully saturated rings. The van der Waals surface area contributed by atoms with E-state index in [4.69, 9.17) is 0 Å². The van der Waals surface area contributed by atoms with Crippen molar-refractivity contribution in [3.8, 4) is 11.4 Å². The normalized spacial score (nSPS) is 18.0. The number of sulfonamides is 1. The number of pyridine rings is 1. The first-order valence-electron chi connectivity index (χ1n) is 8.60. The lowest BCUT2D eigenvalue weighted by Crippen LogP contribution is -2.29. The fourth-order valence-electron chi connectivity index (χ4n) is 3.25. The number of rotatable bonds is 5. The minimum absolute atomic E-state index is 0.0113. The first-order valence-corrected chi connectivity index (χ1v) is 10.0. The fourth-order valence-corrected chi connectivity index (χ4v) is 4.81. The second-order valence-electron chi connectivity index (χ2n) is 6.52. The topological polar surface area (TPSA) is 91.8 Å². The average molecular weight is 387 g/mol. The van der Waals surface area contributed by atoms with E-state index in [0.29, 0.717) is 25.3 Å². The van der Waals surface area contributed by atoms with Crippen LogP contribution in [0.5, 0.6) is 0 Å². The predicted octanol–water partition coefficient (Wildman–Crippen LogP) is 2.26. The van der Waals surface area contributed by atoms with Gasteiger partial charge in [0.15, 0.2) is 5.82 Å². The van der Waals surface area contributed by atoms with Gasteiger partial charge in [0.2, 0.25) is 10.0 Å². The van der Waals surface area contributed by atoms with Crippen molar-refractivity contribution in [3.05, 3.63) is 60.4 Å². The van der Waals surface area contributed by atoms with Gasteiger partial charge in [-0.2, -0.15) is 9.40 Å². The molecule has 0 spiro atoms. The molecular formula is C18H18FN5O2S. The lowest BCUT2D eigenvalue weighted by atomic mass is 10.1. The number of H-pyrrole nitrogens is 1. The Balaban J connectivity index is 1.44. The van der Waals surface area contributed by atoms with Crippen LogP contribution in [0.2, 0.25) is 0 Å². The number of benzene rings is 1. The molecule has 0 aliphatic carbocycles. The zero-order valence-electron chi connectivity index (χ0n) is 14.4. The molecule has 1 aliphatic rings. The fraction of sp³-hybridized carbons (Fsp3) is 0.278. The minimum atomic E-state index is -3.68. The molecule has 2 aromatic heterocycles. The third-order valence-corrected chi connectivity index (χ3v) is 6.50. The van der Waals surface area contributed by atoms with Crippen LogP contribution in [0, 0.1) is 11.7 Å². The summed E-state index contributed by atoms with van der Waals surface area (Å²) in [4.78, 5) is 8.45. The monoisotopic (exact) mass is 387 g/mol. The van der Waals surface area contributed by atoms with Crippen LogP contribution in [0.15, 0.2) is 53.7 Å². The Morgan fingerprint density at radius 2 is 2.04 bits per heavy atom. The highest BCUT2D eigenvalue weighted by molar-refractivity contribution is 7.89. The molecule has 0 saturated carbocycles. The first kappa shape index (κ1) is 17.7. The minimum Gasteiger partial charge on any atom is -0.265 e. The Bertz CT molecular complexity index is 1040. The van der Waals surface area contributed by atoms with Crippen LogP contribution >= 0.6 is 0 Å². The quantitative estimate of drug-likeness (QED) is 0.725. The Morgan fingerprint density at radius 3 is 2.81 bits per heavy atom. The van der Waals surface area contributed by atoms with Crippen molar-refractivity contribution in [3.63, 3.8) is 0 Å². The lowest BCUT2D eigenvalue weighted by Gasteiger charge is -2.16. The van der Waals surface area contributed by atoms with Gasteiger partial charge in [-0.15, -0.1) is 0 Å². The van der Waals surface area contributed by atoms with Crippen LogP contribution < -0.4 is 0 Å². The maximum atomic E-state index is 13.4. The standard InChI is InChI=1S/C18H18FN5O2S/c19-15-2-1-3-16(11-15)27(25,26)24-9-6-13(12-24)10-17-21-18(23-22-17)14-4-7-20-8-5-14/h1-5,7-8,11,13H,6,9-10,12H2,(H,21,22,23). The van der Waals surface area contributed by atoms with E-state index in [0.717, 1.165) is 23.9 Å². The van der Waals surface area contributed by atoms with Crippen molar-refractivity contribution in [2.24, 2.45) is 5.92 Å². The van der Waals surface area contributed by atoms with Gasteiger partial charge in [0.25, 0.3) is 0 Å². The van der Waals surface area contributed by atoms with E-state index < -0.39 is 15.8 Å². The second kappa shape index (κ2) is 7.16. The number of nitrogens with one attached hydrogen (secondary N) is 1. The Labute approximate surface area is 156 Å². The third-order valence-electron chi connectivity index (χ3n) is 4.63.